The number of hydrogen-bond acceptors (Lipinski definition) is 4. The number of halogens is 1. The molecule has 1 aromatic carbocycles. The Labute approximate surface area is 164 Å². The maximum absolute atomic E-state index is 14.0. The molecule has 28 heavy (non-hydrogen) atoms. The van der Waals surface area contributed by atoms with E-state index in [1.807, 2.05) is 0 Å². The van der Waals surface area contributed by atoms with Crippen molar-refractivity contribution in [2.75, 3.05) is 32.7 Å². The molecule has 3 heterocycles. The smallest absolute Gasteiger partial charge is 0.271 e. The van der Waals surface area contributed by atoms with E-state index in [4.69, 9.17) is 0 Å². The third-order valence-electron chi connectivity index (χ3n) is 5.88. The first-order valence-corrected chi connectivity index (χ1v) is 10.1. The van der Waals surface area contributed by atoms with Crippen LogP contribution in [-0.4, -0.2) is 69.3 Å². The number of carbonyl (C=O) groups is 1. The average Bonchev–Trinajstić information content (AvgIpc) is 3.33. The predicted octanol–water partition coefficient (Wildman–Crippen LogP) is 2.67. The highest BCUT2D eigenvalue weighted by molar-refractivity contribution is 5.93. The Balaban J connectivity index is 1.42. The predicted molar refractivity (Wildman–Crippen MR) is 104 cm³/mol. The lowest BCUT2D eigenvalue weighted by molar-refractivity contribution is -0.00291. The van der Waals surface area contributed by atoms with Gasteiger partial charge in [0.05, 0.1) is 11.3 Å². The van der Waals surface area contributed by atoms with Gasteiger partial charge in [0, 0.05) is 25.2 Å². The van der Waals surface area contributed by atoms with Crippen molar-refractivity contribution >= 4 is 5.91 Å². The molecule has 0 spiro atoms. The van der Waals surface area contributed by atoms with Gasteiger partial charge in [-0.2, -0.15) is 5.10 Å². The van der Waals surface area contributed by atoms with Crippen molar-refractivity contribution in [2.24, 2.45) is 0 Å². The standard InChI is InChI=1S/C21H27FN4O2/c22-17-7-2-1-6-16(17)18-14-19(24-23-18)20(27)26-12-5-8-21(28,9-13-26)15-25-10-3-4-11-25/h1-2,6-7,14,28H,3-5,8-13,15H2,(H,23,24). The molecular weight excluding hydrogens is 359 g/mol. The number of nitrogens with zero attached hydrogens (tertiary/aromatic N) is 3. The number of aromatic nitrogens is 2. The topological polar surface area (TPSA) is 72.5 Å². The van der Waals surface area contributed by atoms with Gasteiger partial charge in [0.1, 0.15) is 11.5 Å². The molecule has 0 aliphatic carbocycles. The van der Waals surface area contributed by atoms with Gasteiger partial charge in [-0.3, -0.25) is 9.89 Å². The lowest BCUT2D eigenvalue weighted by Gasteiger charge is -2.31. The molecule has 1 amide bonds. The highest BCUT2D eigenvalue weighted by Gasteiger charge is 2.34. The van der Waals surface area contributed by atoms with E-state index in [1.165, 1.54) is 18.9 Å². The minimum Gasteiger partial charge on any atom is -0.388 e. The van der Waals surface area contributed by atoms with Crippen LogP contribution in [0.15, 0.2) is 30.3 Å². The Kier molecular flexibility index (Phi) is 5.46. The van der Waals surface area contributed by atoms with E-state index in [0.717, 1.165) is 19.5 Å². The summed E-state index contributed by atoms with van der Waals surface area (Å²) in [5.74, 6) is -0.518. The van der Waals surface area contributed by atoms with Crippen molar-refractivity contribution in [2.45, 2.75) is 37.7 Å². The van der Waals surface area contributed by atoms with Crippen molar-refractivity contribution in [1.82, 2.24) is 20.0 Å². The van der Waals surface area contributed by atoms with Crippen molar-refractivity contribution in [1.29, 1.82) is 0 Å². The van der Waals surface area contributed by atoms with Crippen LogP contribution in [0.5, 0.6) is 0 Å². The van der Waals surface area contributed by atoms with E-state index in [0.29, 0.717) is 49.4 Å². The van der Waals surface area contributed by atoms with E-state index in [2.05, 4.69) is 15.1 Å². The second kappa shape index (κ2) is 8.01. The number of carbonyl (C=O) groups excluding carboxylic acids is 1. The zero-order chi connectivity index (χ0) is 19.6. The quantitative estimate of drug-likeness (QED) is 0.847. The molecule has 0 bridgehead atoms. The fraction of sp³-hybridized carbons (Fsp3) is 0.524. The van der Waals surface area contributed by atoms with Crippen LogP contribution in [0.4, 0.5) is 4.39 Å². The highest BCUT2D eigenvalue weighted by Crippen LogP contribution is 2.27. The number of nitrogens with one attached hydrogen (secondary N) is 1. The third kappa shape index (κ3) is 4.10. The Bertz CT molecular complexity index is 833. The van der Waals surface area contributed by atoms with E-state index < -0.39 is 5.60 Å². The first-order chi connectivity index (χ1) is 13.5. The van der Waals surface area contributed by atoms with Gasteiger partial charge >= 0.3 is 0 Å². The van der Waals surface area contributed by atoms with Crippen LogP contribution in [0, 0.1) is 5.82 Å². The first-order valence-electron chi connectivity index (χ1n) is 10.1. The lowest BCUT2D eigenvalue weighted by atomic mass is 9.94. The summed E-state index contributed by atoms with van der Waals surface area (Å²) >= 11 is 0. The van der Waals surface area contributed by atoms with Crippen molar-refractivity contribution in [3.05, 3.63) is 41.8 Å². The molecular formula is C21H27FN4O2. The average molecular weight is 386 g/mol. The molecule has 7 heteroatoms. The summed E-state index contributed by atoms with van der Waals surface area (Å²) in [6.07, 6.45) is 4.44. The van der Waals surface area contributed by atoms with Crippen LogP contribution in [0.3, 0.4) is 0 Å². The van der Waals surface area contributed by atoms with E-state index in [9.17, 15) is 14.3 Å². The summed E-state index contributed by atoms with van der Waals surface area (Å²) < 4.78 is 14.0. The van der Waals surface area contributed by atoms with Gasteiger partial charge in [0.2, 0.25) is 0 Å². The number of β-amino-alcohol motifs (C(OH)–C–C–N with tert-alkyl or cyclic N) is 1. The minimum absolute atomic E-state index is 0.152. The highest BCUT2D eigenvalue weighted by atomic mass is 19.1. The number of rotatable bonds is 4. The van der Waals surface area contributed by atoms with Crippen LogP contribution >= 0.6 is 0 Å². The summed E-state index contributed by atoms with van der Waals surface area (Å²) in [4.78, 5) is 17.0. The Morgan fingerprint density at radius 3 is 2.71 bits per heavy atom. The molecule has 2 saturated heterocycles. The summed E-state index contributed by atoms with van der Waals surface area (Å²) in [5, 5.41) is 17.9. The fourth-order valence-corrected chi connectivity index (χ4v) is 4.31. The second-order valence-corrected chi connectivity index (χ2v) is 8.00. The molecule has 2 aromatic rings. The van der Waals surface area contributed by atoms with E-state index in [-0.39, 0.29) is 11.7 Å². The molecule has 2 aliphatic rings. The third-order valence-corrected chi connectivity index (χ3v) is 5.88. The SMILES string of the molecule is O=C(c1cc(-c2ccccc2F)n[nH]1)N1CCCC(O)(CN2CCCC2)CC1. The molecule has 4 rings (SSSR count). The number of aromatic amines is 1. The normalized spacial score (nSPS) is 23.7. The molecule has 2 aliphatic heterocycles. The van der Waals surface area contributed by atoms with Gasteiger partial charge in [0.15, 0.2) is 0 Å². The zero-order valence-corrected chi connectivity index (χ0v) is 16.0. The van der Waals surface area contributed by atoms with Crippen LogP contribution in [0.2, 0.25) is 0 Å². The Morgan fingerprint density at radius 2 is 1.93 bits per heavy atom. The number of amides is 1. The monoisotopic (exact) mass is 386 g/mol. The lowest BCUT2D eigenvalue weighted by Crippen LogP contribution is -2.43. The number of likely N-dealkylation sites (tertiary alicyclic amines) is 2. The molecule has 0 radical (unpaired) electrons. The number of H-pyrrole nitrogens is 1. The van der Waals surface area contributed by atoms with Crippen molar-refractivity contribution in [3.63, 3.8) is 0 Å². The Morgan fingerprint density at radius 1 is 1.14 bits per heavy atom. The molecule has 1 aromatic heterocycles. The molecule has 1 unspecified atom stereocenters. The fourth-order valence-electron chi connectivity index (χ4n) is 4.31. The van der Waals surface area contributed by atoms with Gasteiger partial charge in [-0.05, 0) is 63.4 Å². The number of hydrogen-bond donors (Lipinski definition) is 2. The molecule has 2 fully saturated rings. The molecule has 1 atom stereocenters. The van der Waals surface area contributed by atoms with Gasteiger partial charge in [-0.15, -0.1) is 0 Å². The number of benzene rings is 1. The van der Waals surface area contributed by atoms with Gasteiger partial charge in [-0.1, -0.05) is 12.1 Å². The van der Waals surface area contributed by atoms with Crippen LogP contribution in [-0.2, 0) is 0 Å². The van der Waals surface area contributed by atoms with Crippen LogP contribution in [0.1, 0.15) is 42.6 Å². The van der Waals surface area contributed by atoms with E-state index in [1.54, 1.807) is 29.2 Å². The first kappa shape index (κ1) is 19.1. The zero-order valence-electron chi connectivity index (χ0n) is 16.0. The second-order valence-electron chi connectivity index (χ2n) is 8.00. The van der Waals surface area contributed by atoms with Crippen molar-refractivity contribution in [3.8, 4) is 11.3 Å². The maximum Gasteiger partial charge on any atom is 0.271 e. The minimum atomic E-state index is -0.730. The molecule has 2 N–H and O–H groups in total. The van der Waals surface area contributed by atoms with Gasteiger partial charge in [0.25, 0.3) is 5.91 Å². The van der Waals surface area contributed by atoms with Crippen LogP contribution in [0.25, 0.3) is 11.3 Å². The molecule has 0 saturated carbocycles. The summed E-state index contributed by atoms with van der Waals surface area (Å²) in [5.41, 5.74) is 0.407. The maximum atomic E-state index is 14.0. The summed E-state index contributed by atoms with van der Waals surface area (Å²) in [6, 6.07) is 7.98. The largest absolute Gasteiger partial charge is 0.388 e. The van der Waals surface area contributed by atoms with Gasteiger partial charge < -0.3 is 14.9 Å². The molecule has 6 nitrogen and oxygen atoms in total. The summed E-state index contributed by atoms with van der Waals surface area (Å²) in [6.45, 7) is 3.92. The summed E-state index contributed by atoms with van der Waals surface area (Å²) in [7, 11) is 0. The number of aliphatic hydroxyl groups is 1. The Hall–Kier alpha value is -2.25. The van der Waals surface area contributed by atoms with E-state index >= 15 is 0 Å². The molecule has 150 valence electrons. The van der Waals surface area contributed by atoms with Crippen LogP contribution < -0.4 is 0 Å². The van der Waals surface area contributed by atoms with Gasteiger partial charge in [-0.25, -0.2) is 4.39 Å². The van der Waals surface area contributed by atoms with Crippen molar-refractivity contribution < 1.29 is 14.3 Å².